The Hall–Kier alpha value is -4.16. The van der Waals surface area contributed by atoms with Gasteiger partial charge in [-0.15, -0.1) is 0 Å². The largest absolute Gasteiger partial charge is 0.496 e. The van der Waals surface area contributed by atoms with Crippen LogP contribution in [0.5, 0.6) is 5.75 Å². The van der Waals surface area contributed by atoms with Crippen molar-refractivity contribution in [3.8, 4) is 17.1 Å². The molecule has 0 saturated heterocycles. The average Bonchev–Trinajstić information content (AvgIpc) is 2.97. The lowest BCUT2D eigenvalue weighted by molar-refractivity contribution is -0.116. The van der Waals surface area contributed by atoms with Crippen molar-refractivity contribution >= 4 is 28.3 Å². The molecule has 6 nitrogen and oxygen atoms in total. The van der Waals surface area contributed by atoms with Crippen LogP contribution in [0, 0.1) is 0 Å². The van der Waals surface area contributed by atoms with Crippen LogP contribution < -0.4 is 10.3 Å². The molecule has 40 heavy (non-hydrogen) atoms. The molecule has 4 aromatic rings. The molecule has 0 spiro atoms. The summed E-state index contributed by atoms with van der Waals surface area (Å²) < 4.78 is 13.5. The van der Waals surface area contributed by atoms with Gasteiger partial charge in [0.1, 0.15) is 24.0 Å². The number of halogens is 1. The standard InChI is InChI=1S/C33H31ClN2O4/c1-22(37)8-9-23-10-14-28(15-11-23)40-21-26-18-25(12-17-31(26)39-2)32-35-30-16-13-27(34)19-29(30)33(38)36(32)20-24-6-4-3-5-7-24/h3-7,10,12-14,16-19H,8-9,11,15,20-21H2,1-2H3. The first-order valence-corrected chi connectivity index (χ1v) is 13.7. The number of ether oxygens (including phenoxy) is 2. The van der Waals surface area contributed by atoms with Crippen LogP contribution in [0.15, 0.2) is 95.0 Å². The summed E-state index contributed by atoms with van der Waals surface area (Å²) in [5.74, 6) is 2.35. The van der Waals surface area contributed by atoms with Crippen LogP contribution in [0.25, 0.3) is 22.3 Å². The van der Waals surface area contributed by atoms with E-state index >= 15 is 0 Å². The highest BCUT2D eigenvalue weighted by Gasteiger charge is 2.17. The monoisotopic (exact) mass is 554 g/mol. The Balaban J connectivity index is 1.48. The summed E-state index contributed by atoms with van der Waals surface area (Å²) in [5.41, 5.74) is 4.33. The molecule has 0 amide bonds. The molecule has 7 heteroatoms. The predicted octanol–water partition coefficient (Wildman–Crippen LogP) is 7.26. The van der Waals surface area contributed by atoms with E-state index in [9.17, 15) is 9.59 Å². The fourth-order valence-corrected chi connectivity index (χ4v) is 5.03. The van der Waals surface area contributed by atoms with Gasteiger partial charge in [-0.05, 0) is 67.8 Å². The Labute approximate surface area is 238 Å². The smallest absolute Gasteiger partial charge is 0.262 e. The average molecular weight is 555 g/mol. The normalized spacial score (nSPS) is 13.1. The first kappa shape index (κ1) is 27.4. The van der Waals surface area contributed by atoms with E-state index < -0.39 is 0 Å². The zero-order valence-corrected chi connectivity index (χ0v) is 23.4. The fourth-order valence-electron chi connectivity index (χ4n) is 4.85. The fraction of sp³-hybridized carbons (Fsp3) is 0.242. The molecule has 3 aromatic carbocycles. The number of ketones is 1. The van der Waals surface area contributed by atoms with E-state index in [1.165, 1.54) is 5.57 Å². The van der Waals surface area contributed by atoms with Crippen molar-refractivity contribution < 1.29 is 14.3 Å². The summed E-state index contributed by atoms with van der Waals surface area (Å²) in [6.45, 7) is 2.30. The maximum Gasteiger partial charge on any atom is 0.262 e. The van der Waals surface area contributed by atoms with E-state index in [2.05, 4.69) is 6.08 Å². The van der Waals surface area contributed by atoms with E-state index in [4.69, 9.17) is 26.1 Å². The molecule has 0 radical (unpaired) electrons. The van der Waals surface area contributed by atoms with Gasteiger partial charge in [-0.2, -0.15) is 0 Å². The topological polar surface area (TPSA) is 70.4 Å². The highest BCUT2D eigenvalue weighted by Crippen LogP contribution is 2.30. The third kappa shape index (κ3) is 6.35. The summed E-state index contributed by atoms with van der Waals surface area (Å²) in [7, 11) is 1.63. The lowest BCUT2D eigenvalue weighted by atomic mass is 9.98. The molecule has 1 aliphatic rings. The minimum Gasteiger partial charge on any atom is -0.496 e. The predicted molar refractivity (Wildman–Crippen MR) is 159 cm³/mol. The Bertz CT molecular complexity index is 1670. The number of carbonyl (C=O) groups excluding carboxylic acids is 1. The number of carbonyl (C=O) groups is 1. The van der Waals surface area contributed by atoms with Gasteiger partial charge in [-0.1, -0.05) is 53.6 Å². The number of hydrogen-bond acceptors (Lipinski definition) is 5. The van der Waals surface area contributed by atoms with Gasteiger partial charge in [0.25, 0.3) is 5.56 Å². The van der Waals surface area contributed by atoms with Crippen LogP contribution in [0.1, 0.15) is 43.7 Å². The SMILES string of the molecule is COc1ccc(-c2nc3ccc(Cl)cc3c(=O)n2Cc2ccccc2)cc1COC1=CC=C(CCC(C)=O)CC1. The lowest BCUT2D eigenvalue weighted by Crippen LogP contribution is -2.24. The Morgan fingerprint density at radius 3 is 2.58 bits per heavy atom. The van der Waals surface area contributed by atoms with Crippen molar-refractivity contribution in [2.45, 2.75) is 45.8 Å². The van der Waals surface area contributed by atoms with E-state index in [1.807, 2.05) is 54.6 Å². The second kappa shape index (κ2) is 12.3. The molecule has 0 atom stereocenters. The van der Waals surface area contributed by atoms with Crippen molar-refractivity contribution in [3.05, 3.63) is 117 Å². The first-order valence-electron chi connectivity index (χ1n) is 13.3. The number of Topliss-reactive ketones (excluding diaryl/α,β-unsaturated/α-hetero) is 1. The van der Waals surface area contributed by atoms with Crippen LogP contribution in [0.2, 0.25) is 5.02 Å². The van der Waals surface area contributed by atoms with Gasteiger partial charge in [0.05, 0.1) is 30.3 Å². The number of hydrogen-bond donors (Lipinski definition) is 0. The number of rotatable bonds is 10. The van der Waals surface area contributed by atoms with Crippen LogP contribution in [-0.4, -0.2) is 22.4 Å². The highest BCUT2D eigenvalue weighted by atomic mass is 35.5. The van der Waals surface area contributed by atoms with Crippen molar-refractivity contribution in [3.63, 3.8) is 0 Å². The summed E-state index contributed by atoms with van der Waals surface area (Å²) >= 11 is 6.22. The molecule has 1 heterocycles. The minimum atomic E-state index is -0.153. The van der Waals surface area contributed by atoms with Gasteiger partial charge in [-0.3, -0.25) is 9.36 Å². The molecule has 0 aliphatic heterocycles. The van der Waals surface area contributed by atoms with Gasteiger partial charge in [0.2, 0.25) is 0 Å². The van der Waals surface area contributed by atoms with Crippen molar-refractivity contribution in [2.24, 2.45) is 0 Å². The third-order valence-electron chi connectivity index (χ3n) is 7.05. The molecular weight excluding hydrogens is 524 g/mol. The first-order chi connectivity index (χ1) is 19.4. The number of methoxy groups -OCH3 is 1. The number of benzene rings is 3. The van der Waals surface area contributed by atoms with Gasteiger partial charge in [-0.25, -0.2) is 4.98 Å². The maximum atomic E-state index is 13.7. The van der Waals surface area contributed by atoms with Crippen molar-refractivity contribution in [1.82, 2.24) is 9.55 Å². The maximum absolute atomic E-state index is 13.7. The minimum absolute atomic E-state index is 0.153. The molecule has 0 fully saturated rings. The molecule has 1 aliphatic carbocycles. The quantitative estimate of drug-likeness (QED) is 0.206. The molecule has 0 saturated carbocycles. The van der Waals surface area contributed by atoms with Crippen LogP contribution >= 0.6 is 11.6 Å². The zero-order chi connectivity index (χ0) is 28.1. The molecule has 204 valence electrons. The Morgan fingerprint density at radius 2 is 1.85 bits per heavy atom. The van der Waals surface area contributed by atoms with E-state index in [0.717, 1.165) is 41.7 Å². The highest BCUT2D eigenvalue weighted by molar-refractivity contribution is 6.31. The second-order valence-corrected chi connectivity index (χ2v) is 10.4. The van der Waals surface area contributed by atoms with Gasteiger partial charge in [0.15, 0.2) is 0 Å². The number of fused-ring (bicyclic) bond motifs is 1. The van der Waals surface area contributed by atoms with Crippen molar-refractivity contribution in [1.29, 1.82) is 0 Å². The second-order valence-electron chi connectivity index (χ2n) is 9.95. The molecule has 5 rings (SSSR count). The summed E-state index contributed by atoms with van der Waals surface area (Å²) in [5, 5.41) is 0.969. The lowest BCUT2D eigenvalue weighted by Gasteiger charge is -2.18. The Kier molecular flexibility index (Phi) is 8.46. The van der Waals surface area contributed by atoms with Crippen molar-refractivity contribution in [2.75, 3.05) is 7.11 Å². The number of allylic oxidation sites excluding steroid dienone is 4. The third-order valence-corrected chi connectivity index (χ3v) is 7.28. The molecular formula is C33H31ClN2O4. The number of nitrogens with zero attached hydrogens (tertiary/aromatic N) is 2. The van der Waals surface area contributed by atoms with Crippen LogP contribution in [0.4, 0.5) is 0 Å². The molecule has 1 aromatic heterocycles. The zero-order valence-electron chi connectivity index (χ0n) is 22.7. The van der Waals surface area contributed by atoms with E-state index in [1.54, 1.807) is 36.8 Å². The Morgan fingerprint density at radius 1 is 1.02 bits per heavy atom. The van der Waals surface area contributed by atoms with Gasteiger partial charge >= 0.3 is 0 Å². The van der Waals surface area contributed by atoms with Crippen LogP contribution in [0.3, 0.4) is 0 Å². The summed E-state index contributed by atoms with van der Waals surface area (Å²) in [6, 6.07) is 20.8. The molecule has 0 bridgehead atoms. The van der Waals surface area contributed by atoms with E-state index in [0.29, 0.717) is 47.1 Å². The van der Waals surface area contributed by atoms with E-state index in [-0.39, 0.29) is 11.3 Å². The number of aromatic nitrogens is 2. The van der Waals surface area contributed by atoms with Crippen LogP contribution in [-0.2, 0) is 22.7 Å². The van der Waals surface area contributed by atoms with Gasteiger partial charge in [0, 0.05) is 29.0 Å². The molecule has 0 unspecified atom stereocenters. The van der Waals surface area contributed by atoms with Gasteiger partial charge < -0.3 is 14.3 Å². The summed E-state index contributed by atoms with van der Waals surface area (Å²) in [6.07, 6.45) is 7.09. The summed E-state index contributed by atoms with van der Waals surface area (Å²) in [4.78, 5) is 29.9. The molecule has 0 N–H and O–H groups in total.